The molecule has 0 saturated heterocycles. The number of nitrogens with two attached hydrogens (primary N) is 1. The second-order valence-electron chi connectivity index (χ2n) is 13.2. The number of hydrogen-bond acceptors (Lipinski definition) is 7. The van der Waals surface area contributed by atoms with Crippen molar-refractivity contribution >= 4 is 46.3 Å². The molecule has 1 saturated carbocycles. The lowest BCUT2D eigenvalue weighted by molar-refractivity contribution is -0.119. The Kier molecular flexibility index (Phi) is 11.0. The maximum atomic E-state index is 14.1. The number of fused-ring (bicyclic) bond motifs is 1. The molecule has 0 atom stereocenters. The van der Waals surface area contributed by atoms with Crippen LogP contribution in [-0.2, 0) is 9.53 Å². The second kappa shape index (κ2) is 15.1. The molecule has 11 nitrogen and oxygen atoms in total. The van der Waals surface area contributed by atoms with Gasteiger partial charge in [-0.2, -0.15) is 5.10 Å². The van der Waals surface area contributed by atoms with Gasteiger partial charge in [0.15, 0.2) is 0 Å². The number of alkyl carbamates (subject to hydrolysis) is 1. The average Bonchev–Trinajstić information content (AvgIpc) is 3.46. The van der Waals surface area contributed by atoms with Gasteiger partial charge in [0, 0.05) is 36.8 Å². The number of ether oxygens (including phenoxy) is 2. The lowest BCUT2D eigenvalue weighted by Crippen LogP contribution is -2.42. The van der Waals surface area contributed by atoms with Gasteiger partial charge < -0.3 is 31.2 Å². The molecule has 0 aliphatic heterocycles. The van der Waals surface area contributed by atoms with E-state index in [1.165, 1.54) is 25.1 Å². The fourth-order valence-corrected chi connectivity index (χ4v) is 5.98. The SMILES string of the molecule is CC(=O)NCCOc1ccc(-c2cc3c(N[C@H]4CC[C@H](NC(=O)OC(C)(C)C)CC4)c(C(N)=Nc4cc(F)ccc4Cl)cnn3c2)c(C)c1. The van der Waals surface area contributed by atoms with Gasteiger partial charge in [-0.15, -0.1) is 0 Å². The quantitative estimate of drug-likeness (QED) is 0.0804. The summed E-state index contributed by atoms with van der Waals surface area (Å²) in [6, 6.07) is 11.9. The molecule has 2 amide bonds. The molecular formula is C36H43ClFN7O4. The van der Waals surface area contributed by atoms with Gasteiger partial charge in [-0.25, -0.2) is 18.7 Å². The smallest absolute Gasteiger partial charge is 0.407 e. The predicted octanol–water partition coefficient (Wildman–Crippen LogP) is 6.90. The number of nitrogens with zero attached hydrogens (tertiary/aromatic N) is 3. The Morgan fingerprint density at radius 3 is 2.53 bits per heavy atom. The number of carbonyl (C=O) groups is 2. The highest BCUT2D eigenvalue weighted by molar-refractivity contribution is 6.33. The second-order valence-corrected chi connectivity index (χ2v) is 13.6. The van der Waals surface area contributed by atoms with Crippen molar-refractivity contribution in [1.82, 2.24) is 20.2 Å². The number of aryl methyl sites for hydroxylation is 1. The van der Waals surface area contributed by atoms with Gasteiger partial charge >= 0.3 is 6.09 Å². The highest BCUT2D eigenvalue weighted by Gasteiger charge is 2.26. The zero-order valence-electron chi connectivity index (χ0n) is 28.4. The molecule has 4 aromatic rings. The summed E-state index contributed by atoms with van der Waals surface area (Å²) in [6.07, 6.45) is 6.28. The van der Waals surface area contributed by atoms with Crippen LogP contribution < -0.4 is 26.4 Å². The Morgan fingerprint density at radius 1 is 1.10 bits per heavy atom. The van der Waals surface area contributed by atoms with Crippen molar-refractivity contribution in [2.45, 2.75) is 78.0 Å². The largest absolute Gasteiger partial charge is 0.492 e. The first-order valence-corrected chi connectivity index (χ1v) is 16.7. The van der Waals surface area contributed by atoms with Gasteiger partial charge in [0.05, 0.1) is 40.2 Å². The van der Waals surface area contributed by atoms with Crippen molar-refractivity contribution in [2.75, 3.05) is 18.5 Å². The Labute approximate surface area is 290 Å². The van der Waals surface area contributed by atoms with Crippen molar-refractivity contribution in [3.63, 3.8) is 0 Å². The minimum absolute atomic E-state index is 0.00630. The zero-order valence-corrected chi connectivity index (χ0v) is 29.2. The first kappa shape index (κ1) is 35.5. The number of anilines is 1. The molecule has 2 heterocycles. The maximum absolute atomic E-state index is 14.1. The normalized spacial score (nSPS) is 16.7. The van der Waals surface area contributed by atoms with E-state index in [-0.39, 0.29) is 34.5 Å². The molecule has 13 heteroatoms. The van der Waals surface area contributed by atoms with Crippen LogP contribution in [0.4, 0.5) is 20.6 Å². The number of halogens is 2. The maximum Gasteiger partial charge on any atom is 0.407 e. The molecule has 5 N–H and O–H groups in total. The number of hydrogen-bond donors (Lipinski definition) is 4. The molecular weight excluding hydrogens is 649 g/mol. The molecule has 0 bridgehead atoms. The fourth-order valence-electron chi connectivity index (χ4n) is 5.82. The van der Waals surface area contributed by atoms with Crippen LogP contribution >= 0.6 is 11.6 Å². The summed E-state index contributed by atoms with van der Waals surface area (Å²) in [7, 11) is 0. The van der Waals surface area contributed by atoms with E-state index in [2.05, 4.69) is 26.0 Å². The average molecular weight is 692 g/mol. The number of nitrogens with one attached hydrogen (secondary N) is 3. The summed E-state index contributed by atoms with van der Waals surface area (Å²) in [5.41, 5.74) is 11.2. The number of aliphatic imine (C=N–C) groups is 1. The third-order valence-electron chi connectivity index (χ3n) is 8.11. The van der Waals surface area contributed by atoms with E-state index in [1.54, 1.807) is 10.7 Å². The number of amidine groups is 1. The molecule has 49 heavy (non-hydrogen) atoms. The molecule has 2 aromatic carbocycles. The van der Waals surface area contributed by atoms with Crippen LogP contribution in [-0.4, -0.2) is 58.3 Å². The van der Waals surface area contributed by atoms with Gasteiger partial charge in [-0.05, 0) is 94.8 Å². The van der Waals surface area contributed by atoms with Crippen molar-refractivity contribution in [3.05, 3.63) is 76.8 Å². The zero-order chi connectivity index (χ0) is 35.3. The van der Waals surface area contributed by atoms with Gasteiger partial charge in [0.1, 0.15) is 29.6 Å². The minimum Gasteiger partial charge on any atom is -0.492 e. The van der Waals surface area contributed by atoms with Gasteiger partial charge in [-0.1, -0.05) is 17.7 Å². The van der Waals surface area contributed by atoms with Crippen LogP contribution in [0.1, 0.15) is 64.5 Å². The summed E-state index contributed by atoms with van der Waals surface area (Å²) in [5.74, 6) is 0.255. The lowest BCUT2D eigenvalue weighted by atomic mass is 9.91. The van der Waals surface area contributed by atoms with E-state index in [0.717, 1.165) is 53.6 Å². The fraction of sp³-hybridized carbons (Fsp3) is 0.389. The summed E-state index contributed by atoms with van der Waals surface area (Å²) in [6.45, 7) is 9.78. The summed E-state index contributed by atoms with van der Waals surface area (Å²) >= 11 is 6.32. The van der Waals surface area contributed by atoms with E-state index in [1.807, 2.05) is 58.2 Å². The Balaban J connectivity index is 1.43. The number of aromatic nitrogens is 2. The highest BCUT2D eigenvalue weighted by Crippen LogP contribution is 2.34. The van der Waals surface area contributed by atoms with Gasteiger partial charge in [-0.3, -0.25) is 4.79 Å². The van der Waals surface area contributed by atoms with Gasteiger partial charge in [0.2, 0.25) is 5.91 Å². The summed E-state index contributed by atoms with van der Waals surface area (Å²) < 4.78 is 27.1. The van der Waals surface area contributed by atoms with Crippen molar-refractivity contribution in [2.24, 2.45) is 10.7 Å². The van der Waals surface area contributed by atoms with E-state index in [0.29, 0.717) is 24.5 Å². The first-order valence-electron chi connectivity index (χ1n) is 16.3. The molecule has 1 aliphatic carbocycles. The van der Waals surface area contributed by atoms with Crippen LogP contribution in [0.15, 0.2) is 59.9 Å². The molecule has 1 fully saturated rings. The van der Waals surface area contributed by atoms with E-state index < -0.39 is 17.5 Å². The number of benzene rings is 2. The Bertz CT molecular complexity index is 1860. The first-order chi connectivity index (χ1) is 23.3. The van der Waals surface area contributed by atoms with Crippen LogP contribution in [0.3, 0.4) is 0 Å². The molecule has 2 aromatic heterocycles. The molecule has 0 radical (unpaired) electrons. The summed E-state index contributed by atoms with van der Waals surface area (Å²) in [4.78, 5) is 28.0. The third kappa shape index (κ3) is 9.41. The van der Waals surface area contributed by atoms with E-state index in [4.69, 9.17) is 26.8 Å². The Morgan fingerprint density at radius 2 is 1.84 bits per heavy atom. The van der Waals surface area contributed by atoms with Crippen molar-refractivity contribution in [3.8, 4) is 16.9 Å². The molecule has 260 valence electrons. The van der Waals surface area contributed by atoms with Crippen molar-refractivity contribution in [1.29, 1.82) is 0 Å². The van der Waals surface area contributed by atoms with Crippen LogP contribution in [0.25, 0.3) is 16.6 Å². The Hall–Kier alpha value is -4.84. The monoisotopic (exact) mass is 691 g/mol. The highest BCUT2D eigenvalue weighted by atomic mass is 35.5. The van der Waals surface area contributed by atoms with Crippen LogP contribution in [0, 0.1) is 12.7 Å². The molecule has 1 aliphatic rings. The molecule has 0 unspecified atom stereocenters. The van der Waals surface area contributed by atoms with Gasteiger partial charge in [0.25, 0.3) is 0 Å². The minimum atomic E-state index is -0.567. The number of amides is 2. The lowest BCUT2D eigenvalue weighted by Gasteiger charge is -2.31. The van der Waals surface area contributed by atoms with E-state index in [9.17, 15) is 14.0 Å². The predicted molar refractivity (Wildman–Crippen MR) is 190 cm³/mol. The number of carbonyl (C=O) groups excluding carboxylic acids is 2. The third-order valence-corrected chi connectivity index (χ3v) is 8.43. The van der Waals surface area contributed by atoms with Crippen molar-refractivity contribution < 1.29 is 23.5 Å². The van der Waals surface area contributed by atoms with Crippen LogP contribution in [0.2, 0.25) is 5.02 Å². The summed E-state index contributed by atoms with van der Waals surface area (Å²) in [5, 5.41) is 14.3. The standard InChI is InChI=1S/C36H43ClFN7O4/c1-21-16-27(48-15-14-40-22(2)46)11-12-28(21)23-17-32-33(42-25-7-9-26(10-8-25)43-35(47)49-36(3,4)5)29(19-41-45(32)20-23)34(39)44-31-18-24(38)6-13-30(31)37/h6,11-13,16-20,25-26,42H,7-10,14-15H2,1-5H3,(H2,39,44)(H,40,46)(H,43,47)/t25-,26-. The molecule has 5 rings (SSSR count). The number of rotatable bonds is 10. The molecule has 0 spiro atoms. The topological polar surface area (TPSA) is 144 Å². The van der Waals surface area contributed by atoms with Crippen LogP contribution in [0.5, 0.6) is 5.75 Å². The van der Waals surface area contributed by atoms with E-state index >= 15 is 0 Å².